The van der Waals surface area contributed by atoms with Crippen molar-refractivity contribution in [1.82, 2.24) is 9.80 Å². The Morgan fingerprint density at radius 1 is 0.921 bits per heavy atom. The van der Waals surface area contributed by atoms with Crippen LogP contribution in [0, 0.1) is 5.92 Å². The molecule has 0 spiro atoms. The highest BCUT2D eigenvalue weighted by Gasteiger charge is 2.48. The number of methoxy groups -OCH3 is 1. The maximum atomic E-state index is 14.4. The van der Waals surface area contributed by atoms with Crippen molar-refractivity contribution < 1.29 is 23.9 Å². The molecule has 0 N–H and O–H groups in total. The van der Waals surface area contributed by atoms with Crippen molar-refractivity contribution in [2.45, 2.75) is 69.9 Å². The Bertz CT molecular complexity index is 1150. The smallest absolute Gasteiger partial charge is 0.309 e. The zero-order valence-corrected chi connectivity index (χ0v) is 22.4. The highest BCUT2D eigenvalue weighted by molar-refractivity contribution is 6.01. The predicted octanol–water partition coefficient (Wildman–Crippen LogP) is 5.11. The van der Waals surface area contributed by atoms with E-state index < -0.39 is 12.0 Å². The summed E-state index contributed by atoms with van der Waals surface area (Å²) in [4.78, 5) is 44.7. The summed E-state index contributed by atoms with van der Waals surface area (Å²) in [5.74, 6) is -0.0850. The molecule has 2 aromatic rings. The third kappa shape index (κ3) is 5.03. The first kappa shape index (κ1) is 26.3. The second kappa shape index (κ2) is 11.6. The van der Waals surface area contributed by atoms with Crippen molar-refractivity contribution >= 4 is 17.8 Å². The van der Waals surface area contributed by atoms with Gasteiger partial charge < -0.3 is 19.3 Å². The topological polar surface area (TPSA) is 76.2 Å². The Hall–Kier alpha value is -3.35. The molecule has 2 atom stereocenters. The molecule has 1 aliphatic carbocycles. The molecule has 2 fully saturated rings. The molecule has 0 radical (unpaired) electrons. The molecular weight excluding hydrogens is 480 g/mol. The van der Waals surface area contributed by atoms with Crippen LogP contribution in [0.5, 0.6) is 5.75 Å². The van der Waals surface area contributed by atoms with Crippen molar-refractivity contribution in [3.8, 4) is 5.75 Å². The molecular formula is C31H38N2O5. The van der Waals surface area contributed by atoms with Gasteiger partial charge in [0.1, 0.15) is 5.75 Å². The van der Waals surface area contributed by atoms with E-state index in [2.05, 4.69) is 0 Å². The van der Waals surface area contributed by atoms with Crippen molar-refractivity contribution in [2.24, 2.45) is 5.92 Å². The van der Waals surface area contributed by atoms with Crippen molar-refractivity contribution in [3.63, 3.8) is 0 Å². The van der Waals surface area contributed by atoms with Gasteiger partial charge in [-0.3, -0.25) is 14.4 Å². The number of esters is 1. The van der Waals surface area contributed by atoms with E-state index >= 15 is 0 Å². The van der Waals surface area contributed by atoms with Gasteiger partial charge in [0.25, 0.3) is 5.91 Å². The quantitative estimate of drug-likeness (QED) is 0.497. The Morgan fingerprint density at radius 3 is 2.26 bits per heavy atom. The van der Waals surface area contributed by atoms with E-state index in [1.165, 1.54) is 6.42 Å². The lowest BCUT2D eigenvalue weighted by atomic mass is 9.76. The van der Waals surface area contributed by atoms with Gasteiger partial charge in [-0.15, -0.1) is 0 Å². The maximum Gasteiger partial charge on any atom is 0.309 e. The summed E-state index contributed by atoms with van der Waals surface area (Å²) < 4.78 is 10.6. The summed E-state index contributed by atoms with van der Waals surface area (Å²) in [7, 11) is 1.63. The van der Waals surface area contributed by atoms with E-state index in [1.807, 2.05) is 65.3 Å². The van der Waals surface area contributed by atoms with Gasteiger partial charge in [0.2, 0.25) is 5.91 Å². The van der Waals surface area contributed by atoms with Crippen LogP contribution in [0.1, 0.15) is 85.3 Å². The molecule has 7 heteroatoms. The fourth-order valence-electron chi connectivity index (χ4n) is 6.53. The highest BCUT2D eigenvalue weighted by Crippen LogP contribution is 2.47. The highest BCUT2D eigenvalue weighted by atomic mass is 16.5. The molecule has 1 saturated carbocycles. The minimum atomic E-state index is -0.515. The van der Waals surface area contributed by atoms with Crippen LogP contribution < -0.4 is 4.74 Å². The third-order valence-corrected chi connectivity index (χ3v) is 8.49. The first-order valence-corrected chi connectivity index (χ1v) is 14.0. The number of nitrogens with zero attached hydrogens (tertiary/aromatic N) is 2. The van der Waals surface area contributed by atoms with Crippen LogP contribution in [-0.4, -0.2) is 60.4 Å². The van der Waals surface area contributed by atoms with Crippen LogP contribution in [-0.2, 0) is 14.3 Å². The van der Waals surface area contributed by atoms with Crippen LogP contribution >= 0.6 is 0 Å². The second-order valence-electron chi connectivity index (χ2n) is 10.6. The zero-order chi connectivity index (χ0) is 26.6. The van der Waals surface area contributed by atoms with Crippen molar-refractivity contribution in [3.05, 3.63) is 65.2 Å². The lowest BCUT2D eigenvalue weighted by molar-refractivity contribution is -0.151. The molecule has 2 amide bonds. The SMILES string of the molecule is CCOC(=O)C1CCN(C(=O)C2c3ccccc3C(=O)N(C3CCCCC3)C2c2ccc(OC)cc2)CC1. The van der Waals surface area contributed by atoms with E-state index in [9.17, 15) is 14.4 Å². The summed E-state index contributed by atoms with van der Waals surface area (Å²) in [6.45, 7) is 3.20. The van der Waals surface area contributed by atoms with E-state index in [1.54, 1.807) is 7.11 Å². The van der Waals surface area contributed by atoms with Crippen molar-refractivity contribution in [2.75, 3.05) is 26.8 Å². The van der Waals surface area contributed by atoms with Gasteiger partial charge in [0.15, 0.2) is 0 Å². The van der Waals surface area contributed by atoms with E-state index in [0.717, 1.165) is 42.6 Å². The fraction of sp³-hybridized carbons (Fsp3) is 0.516. The Morgan fingerprint density at radius 2 is 1.61 bits per heavy atom. The van der Waals surface area contributed by atoms with Crippen LogP contribution in [0.3, 0.4) is 0 Å². The molecule has 2 unspecified atom stereocenters. The minimum Gasteiger partial charge on any atom is -0.497 e. The zero-order valence-electron chi connectivity index (χ0n) is 22.4. The monoisotopic (exact) mass is 518 g/mol. The summed E-state index contributed by atoms with van der Waals surface area (Å²) in [5, 5.41) is 0. The van der Waals surface area contributed by atoms with Gasteiger partial charge in [-0.25, -0.2) is 0 Å². The van der Waals surface area contributed by atoms with Gasteiger partial charge in [-0.2, -0.15) is 0 Å². The predicted molar refractivity (Wildman–Crippen MR) is 144 cm³/mol. The van der Waals surface area contributed by atoms with Gasteiger partial charge in [0.05, 0.1) is 31.6 Å². The Labute approximate surface area is 225 Å². The molecule has 2 aromatic carbocycles. The van der Waals surface area contributed by atoms with Gasteiger partial charge >= 0.3 is 5.97 Å². The molecule has 0 aromatic heterocycles. The summed E-state index contributed by atoms with van der Waals surface area (Å²) in [6.07, 6.45) is 6.45. The number of likely N-dealkylation sites (tertiary alicyclic amines) is 1. The summed E-state index contributed by atoms with van der Waals surface area (Å²) in [6, 6.07) is 15.1. The lowest BCUT2D eigenvalue weighted by Gasteiger charge is -2.48. The summed E-state index contributed by atoms with van der Waals surface area (Å²) in [5.41, 5.74) is 2.37. The average Bonchev–Trinajstić information content (AvgIpc) is 2.97. The number of hydrogen-bond donors (Lipinski definition) is 0. The molecule has 202 valence electrons. The molecule has 38 heavy (non-hydrogen) atoms. The summed E-state index contributed by atoms with van der Waals surface area (Å²) >= 11 is 0. The molecule has 5 rings (SSSR count). The minimum absolute atomic E-state index is 0.0124. The number of amides is 2. The number of benzene rings is 2. The molecule has 7 nitrogen and oxygen atoms in total. The molecule has 3 aliphatic rings. The average molecular weight is 519 g/mol. The molecule has 0 bridgehead atoms. The largest absolute Gasteiger partial charge is 0.497 e. The first-order chi connectivity index (χ1) is 18.5. The number of carbonyl (C=O) groups excluding carboxylic acids is 3. The Balaban J connectivity index is 1.53. The second-order valence-corrected chi connectivity index (χ2v) is 10.6. The maximum absolute atomic E-state index is 14.4. The van der Waals surface area contributed by atoms with Crippen molar-refractivity contribution in [1.29, 1.82) is 0 Å². The van der Waals surface area contributed by atoms with Crippen LogP contribution in [0.4, 0.5) is 0 Å². The fourth-order valence-corrected chi connectivity index (χ4v) is 6.53. The lowest BCUT2D eigenvalue weighted by Crippen LogP contribution is -2.53. The number of carbonyl (C=O) groups is 3. The van der Waals surface area contributed by atoms with E-state index in [-0.39, 0.29) is 29.7 Å². The normalized spacial score (nSPS) is 22.6. The number of piperidine rings is 1. The van der Waals surface area contributed by atoms with Gasteiger partial charge in [-0.05, 0) is 61.9 Å². The third-order valence-electron chi connectivity index (χ3n) is 8.49. The van der Waals surface area contributed by atoms with E-state index in [4.69, 9.17) is 9.47 Å². The van der Waals surface area contributed by atoms with Gasteiger partial charge in [0, 0.05) is 24.7 Å². The molecule has 2 aliphatic heterocycles. The number of ether oxygens (including phenoxy) is 2. The number of hydrogen-bond acceptors (Lipinski definition) is 5. The number of fused-ring (bicyclic) bond motifs is 1. The Kier molecular flexibility index (Phi) is 8.01. The van der Waals surface area contributed by atoms with Gasteiger partial charge in [-0.1, -0.05) is 49.6 Å². The van der Waals surface area contributed by atoms with E-state index in [0.29, 0.717) is 38.1 Å². The molecule has 2 heterocycles. The number of rotatable bonds is 6. The first-order valence-electron chi connectivity index (χ1n) is 14.0. The van der Waals surface area contributed by atoms with Crippen LogP contribution in [0.2, 0.25) is 0 Å². The standard InChI is InChI=1S/C31H38N2O5/c1-3-38-31(36)22-17-19-32(20-18-22)30(35)27-25-11-7-8-12-26(25)29(34)33(23-9-5-4-6-10-23)28(27)21-13-15-24(37-2)16-14-21/h7-8,11-16,22-23,27-28H,3-6,9-10,17-20H2,1-2H3. The van der Waals surface area contributed by atoms with Crippen LogP contribution in [0.25, 0.3) is 0 Å². The van der Waals surface area contributed by atoms with Crippen LogP contribution in [0.15, 0.2) is 48.5 Å². The molecule has 1 saturated heterocycles.